The van der Waals surface area contributed by atoms with Crippen LogP contribution < -0.4 is 0 Å². The van der Waals surface area contributed by atoms with Gasteiger partial charge in [-0.2, -0.15) is 5.26 Å². The maximum Gasteiger partial charge on any atom is 0.128 e. The zero-order valence-electron chi connectivity index (χ0n) is 7.10. The molecule has 1 unspecified atom stereocenters. The first kappa shape index (κ1) is 7.88. The Morgan fingerprint density at radius 1 is 1.38 bits per heavy atom. The van der Waals surface area contributed by atoms with Crippen molar-refractivity contribution in [1.82, 2.24) is 0 Å². The highest BCUT2D eigenvalue weighted by molar-refractivity contribution is 5.39. The molecule has 0 saturated carbocycles. The van der Waals surface area contributed by atoms with Crippen LogP contribution in [0.3, 0.4) is 0 Å². The summed E-state index contributed by atoms with van der Waals surface area (Å²) in [6.45, 7) is 0. The molecule has 0 amide bonds. The maximum absolute atomic E-state index is 8.85. The van der Waals surface area contributed by atoms with Gasteiger partial charge in [-0.15, -0.1) is 0 Å². The van der Waals surface area contributed by atoms with E-state index in [-0.39, 0.29) is 6.10 Å². The molecular weight excluding hydrogens is 162 g/mol. The fraction of sp³-hybridized carbons (Fsp3) is 0.182. The van der Waals surface area contributed by atoms with Crippen LogP contribution >= 0.6 is 0 Å². The number of benzene rings is 1. The van der Waals surface area contributed by atoms with Gasteiger partial charge in [0.15, 0.2) is 0 Å². The van der Waals surface area contributed by atoms with Gasteiger partial charge in [0, 0.05) is 12.0 Å². The van der Waals surface area contributed by atoms with Crippen LogP contribution in [0, 0.1) is 11.3 Å². The Balaban J connectivity index is 2.34. The molecule has 0 radical (unpaired) electrons. The molecule has 1 aromatic rings. The smallest absolute Gasteiger partial charge is 0.128 e. The Labute approximate surface area is 77.1 Å². The first-order valence-electron chi connectivity index (χ1n) is 4.21. The largest absolute Gasteiger partial charge is 0.493 e. The van der Waals surface area contributed by atoms with E-state index in [1.165, 1.54) is 0 Å². The average molecular weight is 171 g/mol. The minimum absolute atomic E-state index is 0.0378. The minimum atomic E-state index is 0.0378. The van der Waals surface area contributed by atoms with E-state index in [1.54, 1.807) is 6.26 Å². The Hall–Kier alpha value is -1.75. The van der Waals surface area contributed by atoms with Crippen LogP contribution in [0.25, 0.3) is 0 Å². The van der Waals surface area contributed by atoms with Gasteiger partial charge in [0.25, 0.3) is 0 Å². The van der Waals surface area contributed by atoms with Crippen molar-refractivity contribution in [2.45, 2.75) is 12.5 Å². The number of nitriles is 1. The maximum atomic E-state index is 8.85. The molecule has 1 atom stereocenters. The molecule has 0 N–H and O–H groups in total. The Morgan fingerprint density at radius 2 is 2.23 bits per heavy atom. The summed E-state index contributed by atoms with van der Waals surface area (Å²) in [5.41, 5.74) is 1.69. The summed E-state index contributed by atoms with van der Waals surface area (Å²) in [7, 11) is 0. The average Bonchev–Trinajstić information content (AvgIpc) is 2.70. The van der Waals surface area contributed by atoms with Crippen LogP contribution in [0.4, 0.5) is 0 Å². The molecule has 0 aliphatic carbocycles. The van der Waals surface area contributed by atoms with E-state index in [0.29, 0.717) is 5.56 Å². The fourth-order valence-corrected chi connectivity index (χ4v) is 1.46. The molecule has 2 rings (SSSR count). The van der Waals surface area contributed by atoms with Crippen molar-refractivity contribution in [2.24, 2.45) is 0 Å². The van der Waals surface area contributed by atoms with Crippen molar-refractivity contribution in [3.8, 4) is 6.07 Å². The molecule has 2 nitrogen and oxygen atoms in total. The van der Waals surface area contributed by atoms with Gasteiger partial charge in [-0.3, -0.25) is 0 Å². The zero-order chi connectivity index (χ0) is 9.10. The minimum Gasteiger partial charge on any atom is -0.493 e. The van der Waals surface area contributed by atoms with E-state index in [0.717, 1.165) is 12.0 Å². The first-order chi connectivity index (χ1) is 6.42. The lowest BCUT2D eigenvalue weighted by Crippen LogP contribution is -1.98. The van der Waals surface area contributed by atoms with Gasteiger partial charge >= 0.3 is 0 Å². The normalized spacial score (nSPS) is 19.5. The van der Waals surface area contributed by atoms with Gasteiger partial charge in [-0.1, -0.05) is 18.2 Å². The predicted molar refractivity (Wildman–Crippen MR) is 48.7 cm³/mol. The number of hydrogen-bond donors (Lipinski definition) is 0. The standard InChI is InChI=1S/C11H9NO/c12-8-9-4-1-2-5-10(9)11-6-3-7-13-11/h1-5,7,11H,6H2. The van der Waals surface area contributed by atoms with Crippen molar-refractivity contribution in [1.29, 1.82) is 5.26 Å². The molecule has 0 aromatic heterocycles. The van der Waals surface area contributed by atoms with E-state index >= 15 is 0 Å². The molecule has 13 heavy (non-hydrogen) atoms. The summed E-state index contributed by atoms with van der Waals surface area (Å²) in [6.07, 6.45) is 4.56. The highest BCUT2D eigenvalue weighted by Crippen LogP contribution is 2.28. The van der Waals surface area contributed by atoms with Crippen molar-refractivity contribution in [2.75, 3.05) is 0 Å². The van der Waals surface area contributed by atoms with Gasteiger partial charge < -0.3 is 4.74 Å². The molecule has 0 fully saturated rings. The molecule has 1 aromatic carbocycles. The lowest BCUT2D eigenvalue weighted by Gasteiger charge is -2.11. The van der Waals surface area contributed by atoms with Gasteiger partial charge in [-0.05, 0) is 12.1 Å². The first-order valence-corrected chi connectivity index (χ1v) is 4.21. The molecule has 1 aliphatic heterocycles. The van der Waals surface area contributed by atoms with Crippen LogP contribution in [-0.4, -0.2) is 0 Å². The third kappa shape index (κ3) is 1.41. The summed E-state index contributed by atoms with van der Waals surface area (Å²) >= 11 is 0. The molecule has 0 saturated heterocycles. The van der Waals surface area contributed by atoms with E-state index in [1.807, 2.05) is 30.3 Å². The van der Waals surface area contributed by atoms with Crippen molar-refractivity contribution < 1.29 is 4.74 Å². The second-order valence-electron chi connectivity index (χ2n) is 2.93. The van der Waals surface area contributed by atoms with Crippen LogP contribution in [0.15, 0.2) is 36.6 Å². The SMILES string of the molecule is N#Cc1ccccc1C1CC=CO1. The monoisotopic (exact) mass is 171 g/mol. The Morgan fingerprint density at radius 3 is 2.92 bits per heavy atom. The molecular formula is C11H9NO. The Kier molecular flexibility index (Phi) is 2.01. The summed E-state index contributed by atoms with van der Waals surface area (Å²) in [6, 6.07) is 9.72. The highest BCUT2D eigenvalue weighted by Gasteiger charge is 2.16. The fourth-order valence-electron chi connectivity index (χ4n) is 1.46. The number of rotatable bonds is 1. The van der Waals surface area contributed by atoms with E-state index < -0.39 is 0 Å². The van der Waals surface area contributed by atoms with Gasteiger partial charge in [0.2, 0.25) is 0 Å². The molecule has 1 heterocycles. The zero-order valence-corrected chi connectivity index (χ0v) is 7.10. The third-order valence-electron chi connectivity index (χ3n) is 2.12. The van der Waals surface area contributed by atoms with Crippen LogP contribution in [0.5, 0.6) is 0 Å². The van der Waals surface area contributed by atoms with Gasteiger partial charge in [-0.25, -0.2) is 0 Å². The molecule has 0 spiro atoms. The quantitative estimate of drug-likeness (QED) is 0.650. The van der Waals surface area contributed by atoms with Gasteiger partial charge in [0.1, 0.15) is 6.10 Å². The van der Waals surface area contributed by atoms with E-state index in [2.05, 4.69) is 6.07 Å². The second-order valence-corrected chi connectivity index (χ2v) is 2.93. The van der Waals surface area contributed by atoms with Crippen LogP contribution in [-0.2, 0) is 4.74 Å². The molecule has 1 aliphatic rings. The lowest BCUT2D eigenvalue weighted by atomic mass is 10.0. The van der Waals surface area contributed by atoms with Crippen LogP contribution in [0.1, 0.15) is 23.7 Å². The predicted octanol–water partition coefficient (Wildman–Crippen LogP) is 2.53. The Bertz CT molecular complexity index is 368. The summed E-state index contributed by atoms with van der Waals surface area (Å²) in [5, 5.41) is 8.85. The second kappa shape index (κ2) is 3.32. The summed E-state index contributed by atoms with van der Waals surface area (Å²) in [5.74, 6) is 0. The number of hydrogen-bond acceptors (Lipinski definition) is 2. The van der Waals surface area contributed by atoms with Crippen LogP contribution in [0.2, 0.25) is 0 Å². The highest BCUT2D eigenvalue weighted by atomic mass is 16.5. The van der Waals surface area contributed by atoms with Gasteiger partial charge in [0.05, 0.1) is 17.9 Å². The summed E-state index contributed by atoms with van der Waals surface area (Å²) in [4.78, 5) is 0. The number of nitrogens with zero attached hydrogens (tertiary/aromatic N) is 1. The molecule has 64 valence electrons. The van der Waals surface area contributed by atoms with Crippen molar-refractivity contribution in [3.05, 3.63) is 47.7 Å². The molecule has 2 heteroatoms. The van der Waals surface area contributed by atoms with Crippen molar-refractivity contribution >= 4 is 0 Å². The number of ether oxygens (including phenoxy) is 1. The third-order valence-corrected chi connectivity index (χ3v) is 2.12. The molecule has 0 bridgehead atoms. The van der Waals surface area contributed by atoms with E-state index in [4.69, 9.17) is 10.00 Å². The lowest BCUT2D eigenvalue weighted by molar-refractivity contribution is 0.173. The van der Waals surface area contributed by atoms with E-state index in [9.17, 15) is 0 Å². The van der Waals surface area contributed by atoms with Crippen molar-refractivity contribution in [3.63, 3.8) is 0 Å². The topological polar surface area (TPSA) is 33.0 Å². The summed E-state index contributed by atoms with van der Waals surface area (Å²) < 4.78 is 5.35.